The predicted octanol–water partition coefficient (Wildman–Crippen LogP) is 13.6. The normalized spacial score (nSPS) is 16.1. The average Bonchev–Trinajstić information content (AvgIpc) is 3.77. The van der Waals surface area contributed by atoms with E-state index in [1.165, 1.54) is 89.3 Å². The molecule has 1 heteroatoms. The third-order valence-electron chi connectivity index (χ3n) is 12.6. The monoisotopic (exact) mass is 677 g/mol. The van der Waals surface area contributed by atoms with Gasteiger partial charge in [-0.15, -0.1) is 0 Å². The minimum atomic E-state index is -0.396. The van der Waals surface area contributed by atoms with E-state index in [1.807, 2.05) is 0 Å². The molecule has 4 aliphatic carbocycles. The molecule has 0 aromatic heterocycles. The fourth-order valence-electron chi connectivity index (χ4n) is 10.2. The second-order valence-corrected chi connectivity index (χ2v) is 15.6. The highest BCUT2D eigenvalue weighted by molar-refractivity contribution is 5.96. The maximum atomic E-state index is 2.50. The molecule has 0 radical (unpaired) electrons. The van der Waals surface area contributed by atoms with E-state index in [2.05, 4.69) is 195 Å². The van der Waals surface area contributed by atoms with Gasteiger partial charge in [-0.2, -0.15) is 0 Å². The highest BCUT2D eigenvalue weighted by atomic mass is 15.1. The lowest BCUT2D eigenvalue weighted by Gasteiger charge is -2.32. The minimum Gasteiger partial charge on any atom is -0.310 e. The SMILES string of the molecule is CC1(C)C2=C(CCC=C2)c2ccc(N(c3ccc(-c4ccccc4)cc3)c3ccc4c(c3)C3(c5ccccc5-c5ccccc53)c3ccccc3-4)cc21. The first kappa shape index (κ1) is 30.4. The molecule has 0 atom stereocenters. The standard InChI is InChI=1S/C52H39N/c1-51(2)45-20-10-6-16-39(45)43-30-28-37(32-49(43)51)53(36-26-24-35(25-27-36)34-14-4-3-5-15-34)38-29-31-44-42-19-9-13-23-48(42)52(50(44)33-38)46-21-11-7-17-40(46)41-18-8-12-22-47(41)52/h3-5,7-15,17-33H,6,16H2,1-2H3. The molecule has 0 amide bonds. The molecule has 0 saturated heterocycles. The van der Waals surface area contributed by atoms with E-state index in [0.717, 1.165) is 18.5 Å². The Morgan fingerprint density at radius 1 is 0.434 bits per heavy atom. The van der Waals surface area contributed by atoms with Gasteiger partial charge in [-0.05, 0) is 127 Å². The van der Waals surface area contributed by atoms with Crippen LogP contribution in [0.15, 0.2) is 182 Å². The number of anilines is 3. The second kappa shape index (κ2) is 11.2. The van der Waals surface area contributed by atoms with Crippen LogP contribution in [0.2, 0.25) is 0 Å². The van der Waals surface area contributed by atoms with Crippen molar-refractivity contribution >= 4 is 22.6 Å². The molecular formula is C52H39N. The first-order valence-electron chi connectivity index (χ1n) is 19.0. The number of hydrogen-bond acceptors (Lipinski definition) is 1. The zero-order valence-electron chi connectivity index (χ0n) is 30.1. The lowest BCUT2D eigenvalue weighted by Crippen LogP contribution is -2.26. The number of benzene rings is 7. The highest BCUT2D eigenvalue weighted by Crippen LogP contribution is 2.63. The summed E-state index contributed by atoms with van der Waals surface area (Å²) in [5, 5.41) is 0. The Bertz CT molecular complexity index is 2620. The molecule has 1 spiro atoms. The summed E-state index contributed by atoms with van der Waals surface area (Å²) >= 11 is 0. The molecule has 0 saturated carbocycles. The molecule has 7 aromatic carbocycles. The van der Waals surface area contributed by atoms with E-state index < -0.39 is 5.41 Å². The maximum absolute atomic E-state index is 2.50. The zero-order chi connectivity index (χ0) is 35.3. The van der Waals surface area contributed by atoms with Gasteiger partial charge in [-0.25, -0.2) is 0 Å². The Hall–Kier alpha value is -6.18. The summed E-state index contributed by atoms with van der Waals surface area (Å²) in [7, 11) is 0. The summed E-state index contributed by atoms with van der Waals surface area (Å²) in [4.78, 5) is 2.49. The van der Waals surface area contributed by atoms with Crippen LogP contribution in [-0.2, 0) is 10.8 Å². The molecular weight excluding hydrogens is 639 g/mol. The number of fused-ring (bicyclic) bond motifs is 12. The van der Waals surface area contributed by atoms with Crippen LogP contribution in [0.5, 0.6) is 0 Å². The Labute approximate surface area is 312 Å². The van der Waals surface area contributed by atoms with Crippen LogP contribution >= 0.6 is 0 Å². The largest absolute Gasteiger partial charge is 0.310 e. The molecule has 0 heterocycles. The van der Waals surface area contributed by atoms with E-state index >= 15 is 0 Å². The van der Waals surface area contributed by atoms with Gasteiger partial charge in [0.2, 0.25) is 0 Å². The summed E-state index contributed by atoms with van der Waals surface area (Å²) in [5.41, 5.74) is 22.1. The number of rotatable bonds is 4. The van der Waals surface area contributed by atoms with Gasteiger partial charge in [-0.1, -0.05) is 153 Å². The molecule has 252 valence electrons. The summed E-state index contributed by atoms with van der Waals surface area (Å²) < 4.78 is 0. The third kappa shape index (κ3) is 4.14. The molecule has 0 N–H and O–H groups in total. The van der Waals surface area contributed by atoms with Crippen molar-refractivity contribution in [1.82, 2.24) is 0 Å². The van der Waals surface area contributed by atoms with E-state index in [-0.39, 0.29) is 5.41 Å². The fourth-order valence-corrected chi connectivity index (χ4v) is 10.2. The van der Waals surface area contributed by atoms with Crippen LogP contribution in [0.4, 0.5) is 17.1 Å². The predicted molar refractivity (Wildman–Crippen MR) is 221 cm³/mol. The van der Waals surface area contributed by atoms with Crippen LogP contribution in [-0.4, -0.2) is 0 Å². The molecule has 0 aliphatic heterocycles. The smallest absolute Gasteiger partial charge is 0.0726 e. The van der Waals surface area contributed by atoms with Crippen molar-refractivity contribution in [3.8, 4) is 33.4 Å². The van der Waals surface area contributed by atoms with Crippen LogP contribution in [0.3, 0.4) is 0 Å². The van der Waals surface area contributed by atoms with Gasteiger partial charge >= 0.3 is 0 Å². The summed E-state index contributed by atoms with van der Waals surface area (Å²) in [5.74, 6) is 0. The van der Waals surface area contributed by atoms with Crippen molar-refractivity contribution in [2.24, 2.45) is 0 Å². The van der Waals surface area contributed by atoms with E-state index in [9.17, 15) is 0 Å². The van der Waals surface area contributed by atoms with Crippen molar-refractivity contribution in [3.63, 3.8) is 0 Å². The fraction of sp³-hybridized carbons (Fsp3) is 0.115. The third-order valence-corrected chi connectivity index (χ3v) is 12.6. The lowest BCUT2D eigenvalue weighted by atomic mass is 9.70. The van der Waals surface area contributed by atoms with Gasteiger partial charge in [0.15, 0.2) is 0 Å². The summed E-state index contributed by atoms with van der Waals surface area (Å²) in [6, 6.07) is 61.5. The average molecular weight is 678 g/mol. The van der Waals surface area contributed by atoms with Gasteiger partial charge in [0.05, 0.1) is 5.41 Å². The molecule has 53 heavy (non-hydrogen) atoms. The second-order valence-electron chi connectivity index (χ2n) is 15.6. The number of nitrogens with zero attached hydrogens (tertiary/aromatic N) is 1. The van der Waals surface area contributed by atoms with Crippen LogP contribution in [0.25, 0.3) is 39.0 Å². The van der Waals surface area contributed by atoms with Gasteiger partial charge < -0.3 is 4.90 Å². The summed E-state index contributed by atoms with van der Waals surface area (Å²) in [6.45, 7) is 4.80. The van der Waals surface area contributed by atoms with Gasteiger partial charge in [0.1, 0.15) is 0 Å². The molecule has 7 aromatic rings. The maximum Gasteiger partial charge on any atom is 0.0726 e. The van der Waals surface area contributed by atoms with Crippen LogP contribution in [0.1, 0.15) is 60.1 Å². The van der Waals surface area contributed by atoms with Crippen molar-refractivity contribution in [3.05, 3.63) is 215 Å². The lowest BCUT2D eigenvalue weighted by molar-refractivity contribution is 0.651. The topological polar surface area (TPSA) is 3.24 Å². The Kier molecular flexibility index (Phi) is 6.41. The Morgan fingerprint density at radius 2 is 0.925 bits per heavy atom. The molecule has 1 nitrogen and oxygen atoms in total. The van der Waals surface area contributed by atoms with Crippen molar-refractivity contribution in [2.75, 3.05) is 4.90 Å². The number of hydrogen-bond donors (Lipinski definition) is 0. The first-order chi connectivity index (χ1) is 26.0. The Morgan fingerprint density at radius 3 is 1.55 bits per heavy atom. The van der Waals surface area contributed by atoms with E-state index in [4.69, 9.17) is 0 Å². The Balaban J connectivity index is 1.14. The number of allylic oxidation sites excluding steroid dienone is 4. The van der Waals surface area contributed by atoms with Gasteiger partial charge in [-0.3, -0.25) is 0 Å². The van der Waals surface area contributed by atoms with Crippen molar-refractivity contribution < 1.29 is 0 Å². The first-order valence-corrected chi connectivity index (χ1v) is 19.0. The molecule has 4 aliphatic rings. The van der Waals surface area contributed by atoms with E-state index in [1.54, 1.807) is 0 Å². The van der Waals surface area contributed by atoms with Crippen LogP contribution < -0.4 is 4.90 Å². The van der Waals surface area contributed by atoms with Crippen molar-refractivity contribution in [2.45, 2.75) is 37.5 Å². The van der Waals surface area contributed by atoms with Crippen LogP contribution in [0, 0.1) is 0 Å². The quantitative estimate of drug-likeness (QED) is 0.179. The molecule has 0 fully saturated rings. The van der Waals surface area contributed by atoms with E-state index in [0.29, 0.717) is 0 Å². The zero-order valence-corrected chi connectivity index (χ0v) is 30.1. The highest BCUT2D eigenvalue weighted by Gasteiger charge is 2.51. The van der Waals surface area contributed by atoms with Crippen molar-refractivity contribution in [1.29, 1.82) is 0 Å². The summed E-state index contributed by atoms with van der Waals surface area (Å²) in [6.07, 6.45) is 6.96. The molecule has 0 unspecified atom stereocenters. The molecule has 11 rings (SSSR count). The van der Waals surface area contributed by atoms with Gasteiger partial charge in [0, 0.05) is 22.5 Å². The minimum absolute atomic E-state index is 0.0542. The van der Waals surface area contributed by atoms with Gasteiger partial charge in [0.25, 0.3) is 0 Å². The molecule has 0 bridgehead atoms.